The zero-order valence-electron chi connectivity index (χ0n) is 13.2. The number of amides is 1. The van der Waals surface area contributed by atoms with Gasteiger partial charge in [0.2, 0.25) is 5.91 Å². The van der Waals surface area contributed by atoms with Crippen molar-refractivity contribution < 1.29 is 13.2 Å². The van der Waals surface area contributed by atoms with E-state index in [-0.39, 0.29) is 16.7 Å². The molecule has 1 amide bonds. The Morgan fingerprint density at radius 1 is 1.33 bits per heavy atom. The first-order valence-corrected chi connectivity index (χ1v) is 9.43. The zero-order chi connectivity index (χ0) is 16.9. The van der Waals surface area contributed by atoms with Crippen LogP contribution in [0.5, 0.6) is 0 Å². The van der Waals surface area contributed by atoms with Crippen molar-refractivity contribution in [2.75, 3.05) is 5.32 Å². The minimum Gasteiger partial charge on any atom is -0.309 e. The van der Waals surface area contributed by atoms with Crippen LogP contribution in [0.1, 0.15) is 35.0 Å². The van der Waals surface area contributed by atoms with Gasteiger partial charge in [-0.25, -0.2) is 8.42 Å². The molecule has 0 radical (unpaired) electrons. The van der Waals surface area contributed by atoms with Gasteiger partial charge in [-0.05, 0) is 37.5 Å². The van der Waals surface area contributed by atoms with Crippen LogP contribution in [0.15, 0.2) is 29.2 Å². The standard InChI is InChI=1S/C16H18N4O3S/c1-9-3-2-4-11(7-9)24(22,23)16-13-12(8-17-16)19-20-14(13)18-15(21)10-5-6-10/h2-4,7,10,16-17H,5-6,8H2,1H3,(H2,18,19,20,21). The van der Waals surface area contributed by atoms with Crippen LogP contribution in [0, 0.1) is 12.8 Å². The first-order chi connectivity index (χ1) is 11.5. The highest BCUT2D eigenvalue weighted by molar-refractivity contribution is 7.91. The molecule has 3 N–H and O–H groups in total. The van der Waals surface area contributed by atoms with Crippen LogP contribution in [0.4, 0.5) is 5.82 Å². The van der Waals surface area contributed by atoms with Crippen LogP contribution in [0.2, 0.25) is 0 Å². The maximum Gasteiger partial charge on any atom is 0.228 e. The number of sulfone groups is 1. The minimum atomic E-state index is -3.63. The number of fused-ring (bicyclic) bond motifs is 1. The molecule has 2 aromatic rings. The van der Waals surface area contributed by atoms with Gasteiger partial charge >= 0.3 is 0 Å². The van der Waals surface area contributed by atoms with E-state index in [1.807, 2.05) is 13.0 Å². The number of nitrogens with one attached hydrogen (secondary N) is 3. The Morgan fingerprint density at radius 3 is 2.83 bits per heavy atom. The second-order valence-corrected chi connectivity index (χ2v) is 8.38. The third-order valence-corrected chi connectivity index (χ3v) is 6.36. The lowest BCUT2D eigenvalue weighted by Crippen LogP contribution is -2.24. The smallest absolute Gasteiger partial charge is 0.228 e. The molecule has 0 spiro atoms. The molecule has 7 nitrogen and oxygen atoms in total. The summed E-state index contributed by atoms with van der Waals surface area (Å²) in [5.41, 5.74) is 2.09. The molecule has 1 aromatic heterocycles. The highest BCUT2D eigenvalue weighted by Gasteiger charge is 2.40. The van der Waals surface area contributed by atoms with Gasteiger partial charge in [-0.2, -0.15) is 5.10 Å². The van der Waals surface area contributed by atoms with Crippen LogP contribution in [0.3, 0.4) is 0 Å². The highest BCUT2D eigenvalue weighted by Crippen LogP contribution is 2.38. The van der Waals surface area contributed by atoms with Gasteiger partial charge < -0.3 is 5.32 Å². The van der Waals surface area contributed by atoms with E-state index in [1.165, 1.54) is 0 Å². The summed E-state index contributed by atoms with van der Waals surface area (Å²) in [7, 11) is -3.63. The minimum absolute atomic E-state index is 0.0264. The Morgan fingerprint density at radius 2 is 2.12 bits per heavy atom. The number of carbonyl (C=O) groups excluding carboxylic acids is 1. The molecule has 1 saturated carbocycles. The number of aryl methyl sites for hydroxylation is 1. The quantitative estimate of drug-likeness (QED) is 0.781. The number of aromatic amines is 1. The number of rotatable bonds is 4. The van der Waals surface area contributed by atoms with Crippen LogP contribution in [-0.2, 0) is 21.2 Å². The monoisotopic (exact) mass is 346 g/mol. The molecule has 0 bridgehead atoms. The van der Waals surface area contributed by atoms with Gasteiger partial charge in [0.25, 0.3) is 0 Å². The Bertz CT molecular complexity index is 915. The van der Waals surface area contributed by atoms with Crippen LogP contribution in [-0.4, -0.2) is 24.5 Å². The molecule has 24 heavy (non-hydrogen) atoms. The number of benzene rings is 1. The Kier molecular flexibility index (Phi) is 3.47. The first kappa shape index (κ1) is 15.3. The van der Waals surface area contributed by atoms with E-state index in [2.05, 4.69) is 20.8 Å². The number of H-pyrrole nitrogens is 1. The molecule has 1 aliphatic heterocycles. The summed E-state index contributed by atoms with van der Waals surface area (Å²) in [6.07, 6.45) is 1.75. The Labute approximate surface area is 139 Å². The topological polar surface area (TPSA) is 104 Å². The van der Waals surface area contributed by atoms with E-state index in [0.717, 1.165) is 18.4 Å². The lowest BCUT2D eigenvalue weighted by atomic mass is 10.2. The average molecular weight is 346 g/mol. The number of aromatic nitrogens is 2. The predicted molar refractivity (Wildman–Crippen MR) is 87.9 cm³/mol. The van der Waals surface area contributed by atoms with Gasteiger partial charge in [0.1, 0.15) is 5.37 Å². The van der Waals surface area contributed by atoms with Gasteiger partial charge in [-0.3, -0.25) is 15.2 Å². The summed E-state index contributed by atoms with van der Waals surface area (Å²) < 4.78 is 26.0. The average Bonchev–Trinajstić information content (AvgIpc) is 3.20. The van der Waals surface area contributed by atoms with Crippen LogP contribution in [0.25, 0.3) is 0 Å². The lowest BCUT2D eigenvalue weighted by molar-refractivity contribution is -0.117. The van der Waals surface area contributed by atoms with E-state index in [0.29, 0.717) is 23.6 Å². The molecule has 1 fully saturated rings. The van der Waals surface area contributed by atoms with Crippen molar-refractivity contribution >= 4 is 21.6 Å². The van der Waals surface area contributed by atoms with Gasteiger partial charge in [0.05, 0.1) is 16.2 Å². The molecule has 4 rings (SSSR count). The molecule has 2 heterocycles. The summed E-state index contributed by atoms with van der Waals surface area (Å²) >= 11 is 0. The van der Waals surface area contributed by atoms with Crippen molar-refractivity contribution in [3.8, 4) is 0 Å². The summed E-state index contributed by atoms with van der Waals surface area (Å²) in [4.78, 5) is 12.3. The molecule has 1 aromatic carbocycles. The van der Waals surface area contributed by atoms with E-state index in [4.69, 9.17) is 0 Å². The molecule has 2 aliphatic rings. The molecule has 8 heteroatoms. The summed E-state index contributed by atoms with van der Waals surface area (Å²) in [6.45, 7) is 2.23. The molecule has 0 saturated heterocycles. The molecule has 126 valence electrons. The van der Waals surface area contributed by atoms with Crippen molar-refractivity contribution in [3.63, 3.8) is 0 Å². The first-order valence-electron chi connectivity index (χ1n) is 7.89. The van der Waals surface area contributed by atoms with E-state index < -0.39 is 15.2 Å². The number of carbonyl (C=O) groups is 1. The summed E-state index contributed by atoms with van der Waals surface area (Å²) in [6, 6.07) is 6.82. The van der Waals surface area contributed by atoms with E-state index in [9.17, 15) is 13.2 Å². The zero-order valence-corrected chi connectivity index (χ0v) is 14.0. The van der Waals surface area contributed by atoms with Crippen LogP contribution >= 0.6 is 0 Å². The van der Waals surface area contributed by atoms with Crippen molar-refractivity contribution in [1.29, 1.82) is 0 Å². The highest BCUT2D eigenvalue weighted by atomic mass is 32.2. The fourth-order valence-electron chi connectivity index (χ4n) is 2.95. The van der Waals surface area contributed by atoms with Crippen molar-refractivity contribution in [2.45, 2.75) is 36.6 Å². The lowest BCUT2D eigenvalue weighted by Gasteiger charge is -2.15. The maximum absolute atomic E-state index is 13.0. The van der Waals surface area contributed by atoms with Gasteiger partial charge in [0, 0.05) is 12.5 Å². The van der Waals surface area contributed by atoms with Crippen LogP contribution < -0.4 is 10.6 Å². The largest absolute Gasteiger partial charge is 0.309 e. The van der Waals surface area contributed by atoms with Crippen molar-refractivity contribution in [2.24, 2.45) is 5.92 Å². The number of nitrogens with zero attached hydrogens (tertiary/aromatic N) is 1. The molecule has 1 aliphatic carbocycles. The van der Waals surface area contributed by atoms with Gasteiger partial charge in [-0.15, -0.1) is 0 Å². The van der Waals surface area contributed by atoms with Gasteiger partial charge in [-0.1, -0.05) is 12.1 Å². The number of anilines is 1. The maximum atomic E-state index is 13.0. The molecule has 1 atom stereocenters. The number of hydrogen-bond acceptors (Lipinski definition) is 5. The van der Waals surface area contributed by atoms with Crippen molar-refractivity contribution in [3.05, 3.63) is 41.1 Å². The molecular weight excluding hydrogens is 328 g/mol. The third kappa shape index (κ3) is 2.51. The number of hydrogen-bond donors (Lipinski definition) is 3. The fourth-order valence-corrected chi connectivity index (χ4v) is 4.71. The fraction of sp³-hybridized carbons (Fsp3) is 0.375. The molecule has 1 unspecified atom stereocenters. The Balaban J connectivity index is 1.70. The van der Waals surface area contributed by atoms with E-state index >= 15 is 0 Å². The SMILES string of the molecule is Cc1cccc(S(=O)(=O)C2NCc3[nH]nc(NC(=O)C4CC4)c32)c1. The molecular formula is C16H18N4O3S. The Hall–Kier alpha value is -2.19. The second kappa shape index (κ2) is 5.42. The van der Waals surface area contributed by atoms with E-state index in [1.54, 1.807) is 18.2 Å². The van der Waals surface area contributed by atoms with Gasteiger partial charge in [0.15, 0.2) is 15.7 Å². The van der Waals surface area contributed by atoms with Crippen molar-refractivity contribution in [1.82, 2.24) is 15.5 Å². The summed E-state index contributed by atoms with van der Waals surface area (Å²) in [5.74, 6) is 0.245. The summed E-state index contributed by atoms with van der Waals surface area (Å²) in [5, 5.41) is 11.8. The third-order valence-electron chi connectivity index (χ3n) is 4.43. The normalized spacial score (nSPS) is 20.0. The second-order valence-electron chi connectivity index (χ2n) is 6.35. The predicted octanol–water partition coefficient (Wildman–Crippen LogP) is 1.64.